The van der Waals surface area contributed by atoms with Crippen LogP contribution in [0.3, 0.4) is 0 Å². The fraction of sp³-hybridized carbons (Fsp3) is 1.00. The smallest absolute Gasteiger partial charge is 0.326 e. The summed E-state index contributed by atoms with van der Waals surface area (Å²) in [5, 5.41) is 0. The zero-order valence-electron chi connectivity index (χ0n) is 25.1. The van der Waals surface area contributed by atoms with Crippen molar-refractivity contribution in [2.45, 2.75) is 62.5 Å². The predicted molar refractivity (Wildman–Crippen MR) is 166 cm³/mol. The molecule has 0 aromatic heterocycles. The zero-order valence-corrected chi connectivity index (χ0v) is 35.1. The van der Waals surface area contributed by atoms with Gasteiger partial charge in [-0.2, -0.15) is 0 Å². The number of hydrogen-bond acceptors (Lipinski definition) is 20. The second-order valence-corrected chi connectivity index (χ2v) is 16.2. The average Bonchev–Trinajstić information content (AvgIpc) is 2.88. The van der Waals surface area contributed by atoms with E-state index in [2.05, 4.69) is 31.7 Å². The summed E-state index contributed by atoms with van der Waals surface area (Å²) in [5.41, 5.74) is -3.69. The van der Waals surface area contributed by atoms with Gasteiger partial charge in [-0.25, -0.2) is 13.6 Å². The van der Waals surface area contributed by atoms with Crippen molar-refractivity contribution in [3.05, 3.63) is 0 Å². The van der Waals surface area contributed by atoms with E-state index in [0.29, 0.717) is 6.92 Å². The second-order valence-electron chi connectivity index (χ2n) is 8.88. The molecule has 0 heterocycles. The number of hydrogen-bond donors (Lipinski definition) is 10. The normalized spacial score (nSPS) is 25.0. The lowest BCUT2D eigenvalue weighted by atomic mass is 9.74. The summed E-state index contributed by atoms with van der Waals surface area (Å²) in [4.78, 5) is 99.5. The minimum Gasteiger partial charge on any atom is -0.326 e. The van der Waals surface area contributed by atoms with Gasteiger partial charge in [0.05, 0.1) is 0 Å². The topological polar surface area (TPSA) is 465 Å². The molecule has 0 aromatic rings. The van der Waals surface area contributed by atoms with Crippen LogP contribution in [-0.2, 0) is 90.9 Å². The van der Waals surface area contributed by atoms with E-state index in [1.807, 2.05) is 0 Å². The first-order valence-electron chi connectivity index (χ1n) is 12.3. The van der Waals surface area contributed by atoms with Crippen molar-refractivity contribution < 1.29 is 140 Å². The molecule has 0 aliphatic heterocycles. The van der Waals surface area contributed by atoms with Crippen molar-refractivity contribution in [2.75, 3.05) is 0 Å². The molecular formula is C11H34O30P10. The summed E-state index contributed by atoms with van der Waals surface area (Å²) in [6.45, 7) is 2.49. The molecule has 10 N–H and O–H groups in total. The molecular weight excluding hydrogens is 922 g/mol. The summed E-state index contributed by atoms with van der Waals surface area (Å²) in [6.07, 6.45) is -0.683. The first kappa shape index (κ1) is 52.5. The van der Waals surface area contributed by atoms with Crippen LogP contribution in [-0.4, -0.2) is 77.9 Å². The summed E-state index contributed by atoms with van der Waals surface area (Å²) in [7, 11) is -53.0. The standard InChI is InChI=1S/C11H34O30P10/c1-4-5-6(2)7(3,32-42(12)13)8(33-43(14)15,34-44(16)17)9(35-45(18)19,36-46(20)21)10(37-47(22)23,38-48(24)25)11(39-49(26)27,40-50(28)29)41-51(30)31/h6,42-51H,4-5H2,1-3H3,(H,12,13)(H,14,15)(H,16,17)(H,18,19)(H,20,21)(H,22,23)(H,24,25)(H,26,27)(H,28,29)(H,30,31). The van der Waals surface area contributed by atoms with E-state index in [9.17, 15) is 94.6 Å². The van der Waals surface area contributed by atoms with Gasteiger partial charge in [0.25, 0.3) is 5.79 Å². The Kier molecular flexibility index (Phi) is 23.1. The van der Waals surface area contributed by atoms with E-state index in [0.717, 1.165) is 6.92 Å². The van der Waals surface area contributed by atoms with E-state index < -0.39 is 124 Å². The zero-order chi connectivity index (χ0) is 40.3. The summed E-state index contributed by atoms with van der Waals surface area (Å²) >= 11 is 0. The van der Waals surface area contributed by atoms with Crippen LogP contribution in [0, 0.1) is 5.92 Å². The first-order chi connectivity index (χ1) is 23.1. The molecule has 12 atom stereocenters. The number of rotatable bonds is 27. The summed E-state index contributed by atoms with van der Waals surface area (Å²) in [6, 6.07) is 0. The molecule has 0 spiro atoms. The molecule has 40 heteroatoms. The van der Waals surface area contributed by atoms with Crippen LogP contribution in [0.25, 0.3) is 0 Å². The SMILES string of the molecule is CCCC(C)C(C)(O[PH](=O)O)C(O[PH](=O)O)(O[PH](=O)O)C(O[PH](=O)O)(O[PH](=O)O)C(O[PH](=O)O)(O[PH](=O)O)C(O[PH](=O)O)(O[PH](=O)O)O[PH](=O)O. The molecule has 0 radical (unpaired) electrons. The van der Waals surface area contributed by atoms with Gasteiger partial charge >= 0.3 is 100 Å². The highest BCUT2D eigenvalue weighted by atomic mass is 31.2. The lowest BCUT2D eigenvalue weighted by Gasteiger charge is -2.60. The van der Waals surface area contributed by atoms with Gasteiger partial charge in [0.15, 0.2) is 0 Å². The second kappa shape index (κ2) is 22.4. The van der Waals surface area contributed by atoms with Crippen molar-refractivity contribution in [1.82, 2.24) is 0 Å². The van der Waals surface area contributed by atoms with Crippen LogP contribution in [0.2, 0.25) is 0 Å². The molecule has 0 amide bonds. The molecule has 0 saturated heterocycles. The van der Waals surface area contributed by atoms with E-state index in [-0.39, 0.29) is 6.42 Å². The van der Waals surface area contributed by atoms with Crippen LogP contribution in [0.5, 0.6) is 0 Å². The maximum Gasteiger partial charge on any atom is 0.368 e. The van der Waals surface area contributed by atoms with E-state index in [1.54, 1.807) is 0 Å². The lowest BCUT2D eigenvalue weighted by Crippen LogP contribution is -2.83. The van der Waals surface area contributed by atoms with Gasteiger partial charge in [-0.05, 0) is 19.3 Å². The van der Waals surface area contributed by atoms with Crippen molar-refractivity contribution in [1.29, 1.82) is 0 Å². The highest BCUT2D eigenvalue weighted by molar-refractivity contribution is 7.35. The molecule has 0 fully saturated rings. The Bertz CT molecular complexity index is 1340. The molecule has 0 bridgehead atoms. The maximum absolute atomic E-state index is 12.6. The van der Waals surface area contributed by atoms with Gasteiger partial charge in [0.1, 0.15) is 5.60 Å². The fourth-order valence-electron chi connectivity index (χ4n) is 4.40. The third-order valence-corrected chi connectivity index (χ3v) is 10.6. The van der Waals surface area contributed by atoms with Gasteiger partial charge in [-0.1, -0.05) is 20.3 Å². The van der Waals surface area contributed by atoms with Gasteiger partial charge in [0.2, 0.25) is 0 Å². The first-order valence-corrected chi connectivity index (χ1v) is 25.0. The van der Waals surface area contributed by atoms with Crippen molar-refractivity contribution >= 4 is 82.5 Å². The van der Waals surface area contributed by atoms with Crippen molar-refractivity contribution in [3.63, 3.8) is 0 Å². The summed E-state index contributed by atoms with van der Waals surface area (Å²) in [5.74, 6) is -23.3. The molecule has 0 rings (SSSR count). The maximum atomic E-state index is 12.6. The Labute approximate surface area is 290 Å². The van der Waals surface area contributed by atoms with Crippen LogP contribution >= 0.6 is 82.5 Å². The van der Waals surface area contributed by atoms with E-state index in [4.69, 9.17) is 13.6 Å². The average molecular weight is 956 g/mol. The highest BCUT2D eigenvalue weighted by Gasteiger charge is 2.88. The quantitative estimate of drug-likeness (QED) is 0.0380. The Hall–Kier alpha value is 1.50. The summed E-state index contributed by atoms with van der Waals surface area (Å²) < 4.78 is 170. The van der Waals surface area contributed by atoms with Gasteiger partial charge in [-0.15, -0.1) is 0 Å². The van der Waals surface area contributed by atoms with E-state index in [1.165, 1.54) is 6.92 Å². The Balaban J connectivity index is 10.3. The molecule has 0 aliphatic carbocycles. The van der Waals surface area contributed by atoms with Crippen LogP contribution in [0.15, 0.2) is 0 Å². The van der Waals surface area contributed by atoms with Crippen LogP contribution < -0.4 is 0 Å². The van der Waals surface area contributed by atoms with E-state index >= 15 is 0 Å². The monoisotopic (exact) mass is 956 g/mol. The largest absolute Gasteiger partial charge is 0.368 e. The molecule has 308 valence electrons. The molecule has 0 saturated carbocycles. The molecule has 0 aromatic carbocycles. The molecule has 0 aliphatic rings. The Morgan fingerprint density at radius 3 is 0.882 bits per heavy atom. The minimum atomic E-state index is -5.58. The van der Waals surface area contributed by atoms with Gasteiger partial charge in [0, 0.05) is 0 Å². The Morgan fingerprint density at radius 2 is 0.647 bits per heavy atom. The highest BCUT2D eigenvalue weighted by Crippen LogP contribution is 2.69. The fourth-order valence-corrected chi connectivity index (χ4v) is 10.4. The van der Waals surface area contributed by atoms with Crippen LogP contribution in [0.1, 0.15) is 33.6 Å². The van der Waals surface area contributed by atoms with Crippen LogP contribution in [0.4, 0.5) is 0 Å². The predicted octanol–water partition coefficient (Wildman–Crippen LogP) is -0.0900. The van der Waals surface area contributed by atoms with Crippen molar-refractivity contribution in [2.24, 2.45) is 5.92 Å². The Morgan fingerprint density at radius 1 is 0.412 bits per heavy atom. The molecule has 51 heavy (non-hydrogen) atoms. The van der Waals surface area contributed by atoms with Gasteiger partial charge < -0.3 is 48.9 Å². The third-order valence-electron chi connectivity index (χ3n) is 5.94. The van der Waals surface area contributed by atoms with Crippen molar-refractivity contribution in [3.8, 4) is 0 Å². The molecule has 30 nitrogen and oxygen atoms in total. The van der Waals surface area contributed by atoms with Gasteiger partial charge in [-0.3, -0.25) is 77.3 Å². The molecule has 12 unspecified atom stereocenters. The lowest BCUT2D eigenvalue weighted by molar-refractivity contribution is -0.503. The minimum absolute atomic E-state index is 0.148. The third kappa shape index (κ3) is 13.6.